The molecule has 0 aromatic heterocycles. The first kappa shape index (κ1) is 21.0. The summed E-state index contributed by atoms with van der Waals surface area (Å²) in [6.45, 7) is 7.44. The van der Waals surface area contributed by atoms with Crippen LogP contribution in [0.1, 0.15) is 13.3 Å². The molecule has 90 valence electrons. The van der Waals surface area contributed by atoms with Gasteiger partial charge in [0.05, 0.1) is 12.6 Å². The molecule has 0 aliphatic carbocycles. The Bertz CT molecular complexity index is 285. The largest absolute Gasteiger partial charge is 2.00 e. The van der Waals surface area contributed by atoms with Crippen LogP contribution in [0.25, 0.3) is 0 Å². The van der Waals surface area contributed by atoms with Gasteiger partial charge in [-0.1, -0.05) is 13.2 Å². The van der Waals surface area contributed by atoms with Crippen molar-refractivity contribution in [3.63, 3.8) is 0 Å². The standard InChI is InChI=1S/C6H8O4.C4H6O2.Mg/c1-2-6(9)10-4-3-5(7)8;1-3(2)4(5)6;/h2H,1,3-4H2,(H,7,8);1H2,2H3,(H,5,6);/q;;+2/p-2. The van der Waals surface area contributed by atoms with Gasteiger partial charge < -0.3 is 24.5 Å². The molecule has 0 aromatic carbocycles. The van der Waals surface area contributed by atoms with Crippen molar-refractivity contribution in [1.29, 1.82) is 0 Å². The Labute approximate surface area is 115 Å². The molecule has 0 aromatic rings. The first-order valence-corrected chi connectivity index (χ1v) is 4.17. The van der Waals surface area contributed by atoms with Crippen LogP contribution in [0.2, 0.25) is 0 Å². The normalized spacial score (nSPS) is 7.59. The van der Waals surface area contributed by atoms with Crippen LogP contribution in [-0.2, 0) is 19.1 Å². The van der Waals surface area contributed by atoms with Crippen molar-refractivity contribution in [2.45, 2.75) is 13.3 Å². The SMILES string of the molecule is C=C(C)C(=O)[O-].C=CC(=O)OCCC(=O)[O-].[Mg+2]. The molecule has 0 rings (SSSR count). The molecule has 0 atom stereocenters. The molecule has 0 amide bonds. The minimum atomic E-state index is -1.24. The Morgan fingerprint density at radius 1 is 1.29 bits per heavy atom. The predicted molar refractivity (Wildman–Crippen MR) is 56.4 cm³/mol. The van der Waals surface area contributed by atoms with E-state index < -0.39 is 17.9 Å². The predicted octanol–water partition coefficient (Wildman–Crippen LogP) is -2.21. The molecule has 0 spiro atoms. The number of rotatable bonds is 5. The second-order valence-corrected chi connectivity index (χ2v) is 2.56. The van der Waals surface area contributed by atoms with Crippen molar-refractivity contribution in [2.24, 2.45) is 0 Å². The van der Waals surface area contributed by atoms with Crippen molar-refractivity contribution >= 4 is 41.0 Å². The maximum Gasteiger partial charge on any atom is 2.00 e. The van der Waals surface area contributed by atoms with E-state index >= 15 is 0 Å². The van der Waals surface area contributed by atoms with Crippen LogP contribution in [0.15, 0.2) is 24.8 Å². The number of esters is 1. The number of carbonyl (C=O) groups excluding carboxylic acids is 3. The molecule has 17 heavy (non-hydrogen) atoms. The minimum absolute atomic E-state index is 0. The van der Waals surface area contributed by atoms with E-state index in [1.54, 1.807) is 0 Å². The van der Waals surface area contributed by atoms with Crippen molar-refractivity contribution in [2.75, 3.05) is 6.61 Å². The van der Waals surface area contributed by atoms with Crippen LogP contribution in [0, 0.1) is 0 Å². The second-order valence-electron chi connectivity index (χ2n) is 2.56. The van der Waals surface area contributed by atoms with Crippen molar-refractivity contribution < 1.29 is 29.3 Å². The van der Waals surface area contributed by atoms with Gasteiger partial charge in [-0.15, -0.1) is 0 Å². The van der Waals surface area contributed by atoms with Gasteiger partial charge >= 0.3 is 29.0 Å². The number of carbonyl (C=O) groups is 3. The third kappa shape index (κ3) is 20.7. The van der Waals surface area contributed by atoms with Gasteiger partial charge in [-0.05, 0) is 12.5 Å². The molecule has 0 fully saturated rings. The van der Waals surface area contributed by atoms with E-state index in [0.29, 0.717) is 0 Å². The average Bonchev–Trinajstić information content (AvgIpc) is 2.17. The van der Waals surface area contributed by atoms with E-state index in [9.17, 15) is 24.6 Å². The maximum atomic E-state index is 10.2. The molecular weight excluding hydrogens is 240 g/mol. The van der Waals surface area contributed by atoms with E-state index in [2.05, 4.69) is 17.9 Å². The van der Waals surface area contributed by atoms with Crippen LogP contribution in [0.3, 0.4) is 0 Å². The van der Waals surface area contributed by atoms with Gasteiger partial charge in [0, 0.05) is 18.5 Å². The average molecular weight is 253 g/mol. The minimum Gasteiger partial charge on any atom is -0.550 e. The Morgan fingerprint density at radius 3 is 1.94 bits per heavy atom. The number of carboxylic acid groups (broad SMARTS) is 2. The number of aliphatic carboxylic acids is 2. The number of ether oxygens (including phenoxy) is 1. The molecule has 0 heterocycles. The molecule has 0 N–H and O–H groups in total. The van der Waals surface area contributed by atoms with Gasteiger partial charge in [-0.25, -0.2) is 4.79 Å². The van der Waals surface area contributed by atoms with E-state index in [1.807, 2.05) is 0 Å². The zero-order valence-electron chi connectivity index (χ0n) is 9.56. The molecule has 0 unspecified atom stereocenters. The third-order valence-electron chi connectivity index (χ3n) is 1.07. The van der Waals surface area contributed by atoms with Gasteiger partial charge in [0.15, 0.2) is 0 Å². The van der Waals surface area contributed by atoms with E-state index in [1.165, 1.54) is 6.92 Å². The van der Waals surface area contributed by atoms with Gasteiger partial charge in [0.2, 0.25) is 0 Å². The fraction of sp³-hybridized carbons (Fsp3) is 0.300. The second kappa shape index (κ2) is 12.7. The topological polar surface area (TPSA) is 107 Å². The van der Waals surface area contributed by atoms with Crippen LogP contribution in [-0.4, -0.2) is 47.6 Å². The quantitative estimate of drug-likeness (QED) is 0.312. The molecule has 0 saturated heterocycles. The smallest absolute Gasteiger partial charge is 0.550 e. The zero-order valence-corrected chi connectivity index (χ0v) is 11.0. The van der Waals surface area contributed by atoms with E-state index in [0.717, 1.165) is 6.08 Å². The first-order valence-electron chi connectivity index (χ1n) is 4.17. The zero-order chi connectivity index (χ0) is 13.1. The summed E-state index contributed by atoms with van der Waals surface area (Å²) in [6, 6.07) is 0. The van der Waals surface area contributed by atoms with Gasteiger partial charge in [-0.2, -0.15) is 0 Å². The van der Waals surface area contributed by atoms with Gasteiger partial charge in [-0.3, -0.25) is 0 Å². The monoisotopic (exact) mass is 252 g/mol. The summed E-state index contributed by atoms with van der Waals surface area (Å²) in [5.41, 5.74) is 0.0648. The van der Waals surface area contributed by atoms with Crippen molar-refractivity contribution in [3.05, 3.63) is 24.8 Å². The van der Waals surface area contributed by atoms with Gasteiger partial charge in [0.1, 0.15) is 0 Å². The van der Waals surface area contributed by atoms with Gasteiger partial charge in [0.25, 0.3) is 0 Å². The molecule has 0 aliphatic rings. The van der Waals surface area contributed by atoms with Crippen LogP contribution < -0.4 is 10.2 Å². The fourth-order valence-electron chi connectivity index (χ4n) is 0.294. The summed E-state index contributed by atoms with van der Waals surface area (Å²) in [4.78, 5) is 29.5. The number of hydrogen-bond acceptors (Lipinski definition) is 6. The molecule has 7 heteroatoms. The third-order valence-corrected chi connectivity index (χ3v) is 1.07. The summed E-state index contributed by atoms with van der Waals surface area (Å²) in [5.74, 6) is -3.05. The molecule has 0 radical (unpaired) electrons. The Balaban J connectivity index is -0.000000244. The van der Waals surface area contributed by atoms with Crippen molar-refractivity contribution in [1.82, 2.24) is 0 Å². The molecular formula is C10H12MgO6. The first-order chi connectivity index (χ1) is 7.31. The molecule has 0 aliphatic heterocycles. The molecule has 0 saturated carbocycles. The summed E-state index contributed by atoms with van der Waals surface area (Å²) in [6.07, 6.45) is 0.689. The van der Waals surface area contributed by atoms with Crippen LogP contribution in [0.5, 0.6) is 0 Å². The summed E-state index contributed by atoms with van der Waals surface area (Å²) in [7, 11) is 0. The van der Waals surface area contributed by atoms with Crippen LogP contribution in [0.4, 0.5) is 0 Å². The maximum absolute atomic E-state index is 10.2. The fourth-order valence-corrected chi connectivity index (χ4v) is 0.294. The number of carboxylic acids is 2. The summed E-state index contributed by atoms with van der Waals surface area (Å²) >= 11 is 0. The molecule has 0 bridgehead atoms. The Morgan fingerprint density at radius 2 is 1.71 bits per heavy atom. The number of hydrogen-bond donors (Lipinski definition) is 0. The van der Waals surface area contributed by atoms with Crippen LogP contribution >= 0.6 is 0 Å². The summed E-state index contributed by atoms with van der Waals surface area (Å²) in [5, 5.41) is 19.2. The van der Waals surface area contributed by atoms with E-state index in [-0.39, 0.29) is 41.7 Å². The Kier molecular flexibility index (Phi) is 15.7. The Hall–Kier alpha value is -1.34. The summed E-state index contributed by atoms with van der Waals surface area (Å²) < 4.78 is 4.32. The van der Waals surface area contributed by atoms with E-state index in [4.69, 9.17) is 0 Å². The molecule has 6 nitrogen and oxygen atoms in total. The van der Waals surface area contributed by atoms with Crippen molar-refractivity contribution in [3.8, 4) is 0 Å².